The van der Waals surface area contributed by atoms with Gasteiger partial charge in [-0.25, -0.2) is 0 Å². The number of carbonyl (C=O) groups is 1. The number of aromatic amines is 1. The first-order valence-electron chi connectivity index (χ1n) is 5.49. The lowest BCUT2D eigenvalue weighted by Gasteiger charge is -2.01. The summed E-state index contributed by atoms with van der Waals surface area (Å²) in [5.41, 5.74) is 2.72. The molecule has 0 amide bonds. The highest BCUT2D eigenvalue weighted by Crippen LogP contribution is 2.18. The van der Waals surface area contributed by atoms with Crippen LogP contribution in [-0.2, 0) is 11.2 Å². The summed E-state index contributed by atoms with van der Waals surface area (Å²) in [5, 5.41) is 15.9. The minimum Gasteiger partial charge on any atom is -0.481 e. The zero-order valence-corrected chi connectivity index (χ0v) is 9.55. The van der Waals surface area contributed by atoms with Gasteiger partial charge in [0.1, 0.15) is 0 Å². The Balaban J connectivity index is 2.14. The molecule has 0 spiro atoms. The molecule has 0 saturated heterocycles. The first-order chi connectivity index (χ1) is 8.16. The predicted molar refractivity (Wildman–Crippen MR) is 64.5 cm³/mol. The second-order valence-corrected chi connectivity index (χ2v) is 4.09. The largest absolute Gasteiger partial charge is 0.481 e. The van der Waals surface area contributed by atoms with Crippen molar-refractivity contribution in [3.05, 3.63) is 42.1 Å². The average Bonchev–Trinajstić information content (AvgIpc) is 2.78. The van der Waals surface area contributed by atoms with Crippen molar-refractivity contribution in [2.24, 2.45) is 5.92 Å². The second kappa shape index (κ2) is 4.82. The highest BCUT2D eigenvalue weighted by molar-refractivity contribution is 5.70. The Morgan fingerprint density at radius 2 is 2.12 bits per heavy atom. The number of hydrogen-bond donors (Lipinski definition) is 2. The smallest absolute Gasteiger partial charge is 0.306 e. The third-order valence-corrected chi connectivity index (χ3v) is 2.65. The summed E-state index contributed by atoms with van der Waals surface area (Å²) in [6.45, 7) is 1.69. The third-order valence-electron chi connectivity index (χ3n) is 2.65. The van der Waals surface area contributed by atoms with Crippen LogP contribution in [0.1, 0.15) is 12.6 Å². The predicted octanol–water partition coefficient (Wildman–Crippen LogP) is 2.34. The summed E-state index contributed by atoms with van der Waals surface area (Å²) < 4.78 is 0. The van der Waals surface area contributed by atoms with E-state index in [1.54, 1.807) is 6.92 Å². The van der Waals surface area contributed by atoms with E-state index >= 15 is 0 Å². The van der Waals surface area contributed by atoms with E-state index < -0.39 is 11.9 Å². The molecule has 1 heterocycles. The Kier molecular flexibility index (Phi) is 3.23. The molecule has 2 rings (SSSR count). The van der Waals surface area contributed by atoms with Crippen LogP contribution in [0.5, 0.6) is 0 Å². The molecule has 2 N–H and O–H groups in total. The number of carboxylic acids is 1. The standard InChI is InChI=1S/C13H14N2O2/c1-9(13(16)17)7-11-8-12(15-14-11)10-5-3-2-4-6-10/h2-6,8-9H,7H2,1H3,(H,14,15)(H,16,17). The van der Waals surface area contributed by atoms with Crippen molar-refractivity contribution in [1.82, 2.24) is 10.2 Å². The van der Waals surface area contributed by atoms with Crippen LogP contribution in [0, 0.1) is 5.92 Å². The molecule has 0 aliphatic heterocycles. The van der Waals surface area contributed by atoms with E-state index in [-0.39, 0.29) is 0 Å². The molecular formula is C13H14N2O2. The molecule has 0 aliphatic carbocycles. The summed E-state index contributed by atoms with van der Waals surface area (Å²) in [4.78, 5) is 10.7. The Bertz CT molecular complexity index is 505. The number of H-pyrrole nitrogens is 1. The zero-order chi connectivity index (χ0) is 12.3. The van der Waals surface area contributed by atoms with Gasteiger partial charge in [0.05, 0.1) is 11.6 Å². The number of nitrogens with one attached hydrogen (secondary N) is 1. The van der Waals surface area contributed by atoms with Crippen LogP contribution in [-0.4, -0.2) is 21.3 Å². The minimum atomic E-state index is -0.791. The monoisotopic (exact) mass is 230 g/mol. The molecule has 0 bridgehead atoms. The molecule has 1 aromatic carbocycles. The van der Waals surface area contributed by atoms with Gasteiger partial charge in [-0.3, -0.25) is 9.89 Å². The van der Waals surface area contributed by atoms with Crippen molar-refractivity contribution in [2.75, 3.05) is 0 Å². The molecule has 17 heavy (non-hydrogen) atoms. The second-order valence-electron chi connectivity index (χ2n) is 4.09. The maximum absolute atomic E-state index is 10.7. The van der Waals surface area contributed by atoms with E-state index in [2.05, 4.69) is 10.2 Å². The van der Waals surface area contributed by atoms with E-state index in [0.29, 0.717) is 6.42 Å². The van der Waals surface area contributed by atoms with E-state index in [9.17, 15) is 4.79 Å². The van der Waals surface area contributed by atoms with Crippen molar-refractivity contribution in [3.8, 4) is 11.3 Å². The van der Waals surface area contributed by atoms with Gasteiger partial charge in [-0.05, 0) is 6.07 Å². The van der Waals surface area contributed by atoms with Crippen molar-refractivity contribution in [3.63, 3.8) is 0 Å². The van der Waals surface area contributed by atoms with Crippen LogP contribution in [0.15, 0.2) is 36.4 Å². The van der Waals surface area contributed by atoms with Gasteiger partial charge >= 0.3 is 5.97 Å². The lowest BCUT2D eigenvalue weighted by molar-refractivity contribution is -0.141. The van der Waals surface area contributed by atoms with Crippen LogP contribution in [0.25, 0.3) is 11.3 Å². The van der Waals surface area contributed by atoms with Crippen molar-refractivity contribution in [1.29, 1.82) is 0 Å². The van der Waals surface area contributed by atoms with Gasteiger partial charge in [-0.1, -0.05) is 37.3 Å². The molecule has 0 saturated carbocycles. The molecule has 1 aromatic heterocycles. The fraction of sp³-hybridized carbons (Fsp3) is 0.231. The lowest BCUT2D eigenvalue weighted by atomic mass is 10.1. The SMILES string of the molecule is CC(Cc1cc(-c2ccccc2)n[nH]1)C(=O)O. The molecule has 88 valence electrons. The van der Waals surface area contributed by atoms with Gasteiger partial charge in [-0.2, -0.15) is 5.10 Å². The van der Waals surface area contributed by atoms with Crippen LogP contribution < -0.4 is 0 Å². The Morgan fingerprint density at radius 3 is 2.76 bits per heavy atom. The Hall–Kier alpha value is -2.10. The first-order valence-corrected chi connectivity index (χ1v) is 5.49. The molecule has 1 atom stereocenters. The zero-order valence-electron chi connectivity index (χ0n) is 9.55. The van der Waals surface area contributed by atoms with Gasteiger partial charge in [0, 0.05) is 17.7 Å². The van der Waals surface area contributed by atoms with E-state index in [1.807, 2.05) is 36.4 Å². The van der Waals surface area contributed by atoms with Gasteiger partial charge < -0.3 is 5.11 Å². The number of benzene rings is 1. The van der Waals surface area contributed by atoms with E-state index in [1.165, 1.54) is 0 Å². The number of hydrogen-bond acceptors (Lipinski definition) is 2. The fourth-order valence-corrected chi connectivity index (χ4v) is 1.64. The summed E-state index contributed by atoms with van der Waals surface area (Å²) >= 11 is 0. The van der Waals surface area contributed by atoms with Crippen molar-refractivity contribution < 1.29 is 9.90 Å². The molecule has 0 aliphatic rings. The average molecular weight is 230 g/mol. The summed E-state index contributed by atoms with van der Waals surface area (Å²) in [6.07, 6.45) is 0.467. The third kappa shape index (κ3) is 2.72. The molecule has 1 unspecified atom stereocenters. The first kappa shape index (κ1) is 11.4. The van der Waals surface area contributed by atoms with Gasteiger partial charge in [0.2, 0.25) is 0 Å². The highest BCUT2D eigenvalue weighted by atomic mass is 16.4. The summed E-state index contributed by atoms with van der Waals surface area (Å²) in [6, 6.07) is 11.7. The van der Waals surface area contributed by atoms with Crippen LogP contribution in [0.2, 0.25) is 0 Å². The number of nitrogens with zero attached hydrogens (tertiary/aromatic N) is 1. The highest BCUT2D eigenvalue weighted by Gasteiger charge is 2.13. The summed E-state index contributed by atoms with van der Waals surface area (Å²) in [5.74, 6) is -1.19. The van der Waals surface area contributed by atoms with Crippen LogP contribution >= 0.6 is 0 Å². The molecule has 2 aromatic rings. The quantitative estimate of drug-likeness (QED) is 0.847. The normalized spacial score (nSPS) is 12.3. The van der Waals surface area contributed by atoms with Gasteiger partial charge in [0.15, 0.2) is 0 Å². The number of aromatic nitrogens is 2. The van der Waals surface area contributed by atoms with Gasteiger partial charge in [0.25, 0.3) is 0 Å². The van der Waals surface area contributed by atoms with E-state index in [4.69, 9.17) is 5.11 Å². The van der Waals surface area contributed by atoms with Crippen molar-refractivity contribution in [2.45, 2.75) is 13.3 Å². The topological polar surface area (TPSA) is 66.0 Å². The number of carboxylic acid groups (broad SMARTS) is 1. The molecule has 0 fully saturated rings. The lowest BCUT2D eigenvalue weighted by Crippen LogP contribution is -2.12. The van der Waals surface area contributed by atoms with Crippen molar-refractivity contribution >= 4 is 5.97 Å². The fourth-order valence-electron chi connectivity index (χ4n) is 1.64. The Morgan fingerprint density at radius 1 is 1.41 bits per heavy atom. The Labute approximate surface area is 99.3 Å². The van der Waals surface area contributed by atoms with Crippen LogP contribution in [0.4, 0.5) is 0 Å². The number of rotatable bonds is 4. The minimum absolute atomic E-state index is 0.404. The van der Waals surface area contributed by atoms with Gasteiger partial charge in [-0.15, -0.1) is 0 Å². The molecule has 4 heteroatoms. The van der Waals surface area contributed by atoms with Crippen LogP contribution in [0.3, 0.4) is 0 Å². The molecule has 4 nitrogen and oxygen atoms in total. The summed E-state index contributed by atoms with van der Waals surface area (Å²) in [7, 11) is 0. The number of aliphatic carboxylic acids is 1. The molecule has 0 radical (unpaired) electrons. The van der Waals surface area contributed by atoms with E-state index in [0.717, 1.165) is 17.0 Å². The molecular weight excluding hydrogens is 216 g/mol. The maximum Gasteiger partial charge on any atom is 0.306 e. The maximum atomic E-state index is 10.7.